The number of nitrogens with one attached hydrogen (secondary N) is 1. The number of rotatable bonds is 6. The smallest absolute Gasteiger partial charge is 0.204 e. The molecule has 20 heavy (non-hydrogen) atoms. The first-order chi connectivity index (χ1) is 9.79. The highest BCUT2D eigenvalue weighted by molar-refractivity contribution is 8.68. The van der Waals surface area contributed by atoms with E-state index in [0.717, 1.165) is 18.7 Å². The van der Waals surface area contributed by atoms with Gasteiger partial charge in [-0.05, 0) is 24.5 Å². The average molecular weight is 305 g/mol. The Morgan fingerprint density at radius 1 is 1.50 bits per heavy atom. The van der Waals surface area contributed by atoms with Crippen LogP contribution in [-0.4, -0.2) is 12.3 Å². The predicted molar refractivity (Wildman–Crippen MR) is 91.4 cm³/mol. The van der Waals surface area contributed by atoms with Crippen LogP contribution in [0, 0.1) is 5.92 Å². The van der Waals surface area contributed by atoms with Crippen LogP contribution in [0.3, 0.4) is 0 Å². The van der Waals surface area contributed by atoms with E-state index in [2.05, 4.69) is 77.3 Å². The third-order valence-corrected chi connectivity index (χ3v) is 4.20. The van der Waals surface area contributed by atoms with E-state index in [9.17, 15) is 0 Å². The van der Waals surface area contributed by atoms with Crippen molar-refractivity contribution in [3.63, 3.8) is 0 Å². The molecule has 0 radical (unpaired) electrons. The van der Waals surface area contributed by atoms with E-state index in [0.29, 0.717) is 5.92 Å². The van der Waals surface area contributed by atoms with Gasteiger partial charge in [0, 0.05) is 36.2 Å². The maximum absolute atomic E-state index is 4.13. The molecule has 1 aromatic rings. The molecule has 0 fully saturated rings. The van der Waals surface area contributed by atoms with Crippen molar-refractivity contribution in [2.24, 2.45) is 13.0 Å². The maximum atomic E-state index is 4.13. The number of aryl methyl sites for hydroxylation is 1. The van der Waals surface area contributed by atoms with Gasteiger partial charge in [0.25, 0.3) is 0 Å². The zero-order valence-corrected chi connectivity index (χ0v) is 13.4. The van der Waals surface area contributed by atoms with E-state index in [1.165, 1.54) is 11.4 Å². The van der Waals surface area contributed by atoms with Gasteiger partial charge in [-0.15, -0.1) is 11.7 Å². The van der Waals surface area contributed by atoms with Gasteiger partial charge in [-0.3, -0.25) is 0 Å². The molecule has 1 N–H and O–H groups in total. The summed E-state index contributed by atoms with van der Waals surface area (Å²) in [5.41, 5.74) is 2.45. The minimum atomic E-state index is 0.486. The third-order valence-electron chi connectivity index (χ3n) is 3.26. The Morgan fingerprint density at radius 3 is 3.10 bits per heavy atom. The summed E-state index contributed by atoms with van der Waals surface area (Å²) in [5.74, 6) is 1.50. The second kappa shape index (κ2) is 8.22. The van der Waals surface area contributed by atoms with E-state index in [-0.39, 0.29) is 0 Å². The van der Waals surface area contributed by atoms with Crippen molar-refractivity contribution in [2.75, 3.05) is 12.3 Å². The van der Waals surface area contributed by atoms with Crippen molar-refractivity contribution in [3.05, 3.63) is 60.1 Å². The fraction of sp³-hybridized carbons (Fsp3) is 0.312. The number of aromatic nitrogens is 1. The van der Waals surface area contributed by atoms with Crippen LogP contribution in [0.4, 0.5) is 0 Å². The first-order valence-corrected chi connectivity index (χ1v) is 8.85. The molecule has 1 unspecified atom stereocenters. The molecule has 0 spiro atoms. The molecule has 0 aromatic carbocycles. The van der Waals surface area contributed by atoms with Gasteiger partial charge in [-0.25, -0.2) is 4.57 Å². The highest BCUT2D eigenvalue weighted by Gasteiger charge is 2.06. The van der Waals surface area contributed by atoms with E-state index in [4.69, 9.17) is 0 Å². The van der Waals surface area contributed by atoms with Gasteiger partial charge in [0.05, 0.1) is 0 Å². The Bertz CT molecular complexity index is 521. The zero-order valence-electron chi connectivity index (χ0n) is 11.7. The molecule has 4 heteroatoms. The lowest BCUT2D eigenvalue weighted by atomic mass is 9.98. The summed E-state index contributed by atoms with van der Waals surface area (Å²) < 4.78 is 2.13. The van der Waals surface area contributed by atoms with Gasteiger partial charge in [0.1, 0.15) is 7.05 Å². The summed E-state index contributed by atoms with van der Waals surface area (Å²) in [5, 5.41) is 3.40. The number of hydrogen-bond donors (Lipinski definition) is 2. The van der Waals surface area contributed by atoms with Crippen LogP contribution in [0.15, 0.2) is 54.4 Å². The molecular formula is C16H21N2S2+. The Kier molecular flexibility index (Phi) is 6.27. The molecule has 1 heterocycles. The highest BCUT2D eigenvalue weighted by Crippen LogP contribution is 2.17. The summed E-state index contributed by atoms with van der Waals surface area (Å²) in [6, 6.07) is 6.24. The van der Waals surface area contributed by atoms with Crippen molar-refractivity contribution >= 4 is 28.5 Å². The second-order valence-corrected chi connectivity index (χ2v) is 6.21. The van der Waals surface area contributed by atoms with Crippen molar-refractivity contribution < 1.29 is 4.57 Å². The minimum Gasteiger partial charge on any atom is -0.384 e. The van der Waals surface area contributed by atoms with Crippen molar-refractivity contribution in [3.8, 4) is 0 Å². The summed E-state index contributed by atoms with van der Waals surface area (Å²) in [7, 11) is 3.63. The second-order valence-electron chi connectivity index (χ2n) is 4.77. The van der Waals surface area contributed by atoms with Crippen LogP contribution in [0.5, 0.6) is 0 Å². The van der Waals surface area contributed by atoms with Gasteiger partial charge in [-0.2, -0.15) is 0 Å². The lowest BCUT2D eigenvalue weighted by Gasteiger charge is -2.14. The van der Waals surface area contributed by atoms with Crippen LogP contribution in [0.25, 0.3) is 6.08 Å². The summed E-state index contributed by atoms with van der Waals surface area (Å²) in [4.78, 5) is 0. The van der Waals surface area contributed by atoms with Crippen molar-refractivity contribution in [1.29, 1.82) is 0 Å². The van der Waals surface area contributed by atoms with Crippen LogP contribution in [0.1, 0.15) is 12.1 Å². The molecule has 0 saturated carbocycles. The summed E-state index contributed by atoms with van der Waals surface area (Å²) in [6.07, 6.45) is 14.3. The van der Waals surface area contributed by atoms with Gasteiger partial charge in [0.15, 0.2) is 6.20 Å². The van der Waals surface area contributed by atoms with E-state index < -0.39 is 0 Å². The maximum Gasteiger partial charge on any atom is 0.204 e. The quantitative estimate of drug-likeness (QED) is 0.363. The zero-order chi connectivity index (χ0) is 14.2. The van der Waals surface area contributed by atoms with Crippen molar-refractivity contribution in [2.45, 2.75) is 6.42 Å². The lowest BCUT2D eigenvalue weighted by Crippen LogP contribution is -2.30. The first-order valence-electron chi connectivity index (χ1n) is 6.81. The van der Waals surface area contributed by atoms with Crippen LogP contribution in [0.2, 0.25) is 0 Å². The van der Waals surface area contributed by atoms with Gasteiger partial charge >= 0.3 is 0 Å². The number of nitrogens with zero attached hydrogens (tertiary/aromatic N) is 1. The molecule has 2 rings (SSSR count). The fourth-order valence-corrected chi connectivity index (χ4v) is 2.55. The Labute approximate surface area is 130 Å². The Hall–Kier alpha value is -1.13. The van der Waals surface area contributed by atoms with Gasteiger partial charge in [0.2, 0.25) is 5.69 Å². The van der Waals surface area contributed by atoms with E-state index in [1.54, 1.807) is 10.8 Å². The predicted octanol–water partition coefficient (Wildman–Crippen LogP) is 3.15. The first kappa shape index (κ1) is 15.3. The largest absolute Gasteiger partial charge is 0.384 e. The Balaban J connectivity index is 1.86. The molecule has 1 aliphatic rings. The normalized spacial score (nSPS) is 18.3. The average Bonchev–Trinajstić information content (AvgIpc) is 2.48. The minimum absolute atomic E-state index is 0.486. The highest BCUT2D eigenvalue weighted by atomic mass is 33.1. The standard InChI is InChI=1S/C16H20N2S2/c1-18-12-3-2-4-16(18)10-7-14-5-8-15(9-6-14)17-11-13-20-19/h2-5,7-10,12,14,17H,6,11,13H2,1H3/p+1/b10-7+. The molecule has 2 nitrogen and oxygen atoms in total. The molecule has 106 valence electrons. The lowest BCUT2D eigenvalue weighted by molar-refractivity contribution is -0.673. The van der Waals surface area contributed by atoms with Crippen LogP contribution < -0.4 is 9.88 Å². The topological polar surface area (TPSA) is 15.9 Å². The SMILES string of the molecule is C[n+]1ccccc1/C=C/C1C=CC(NCCSS)=CC1. The fourth-order valence-electron chi connectivity index (χ4n) is 2.08. The number of thiol groups is 1. The molecule has 1 atom stereocenters. The number of hydrogen-bond acceptors (Lipinski definition) is 3. The number of pyridine rings is 1. The molecule has 1 aliphatic carbocycles. The van der Waals surface area contributed by atoms with Gasteiger partial charge in [-0.1, -0.05) is 29.0 Å². The van der Waals surface area contributed by atoms with Gasteiger partial charge < -0.3 is 5.32 Å². The van der Waals surface area contributed by atoms with E-state index in [1.807, 2.05) is 6.07 Å². The Morgan fingerprint density at radius 2 is 2.40 bits per heavy atom. The van der Waals surface area contributed by atoms with Crippen molar-refractivity contribution in [1.82, 2.24) is 5.32 Å². The third kappa shape index (κ3) is 4.76. The molecule has 0 aliphatic heterocycles. The monoisotopic (exact) mass is 305 g/mol. The summed E-state index contributed by atoms with van der Waals surface area (Å²) >= 11 is 4.13. The molecule has 0 amide bonds. The summed E-state index contributed by atoms with van der Waals surface area (Å²) in [6.45, 7) is 0.963. The molecule has 1 aromatic heterocycles. The molecule has 0 saturated heterocycles. The molecular weight excluding hydrogens is 284 g/mol. The van der Waals surface area contributed by atoms with Crippen LogP contribution in [-0.2, 0) is 7.05 Å². The number of allylic oxidation sites excluding steroid dienone is 4. The van der Waals surface area contributed by atoms with Crippen LogP contribution >= 0.6 is 22.5 Å². The molecule has 0 bridgehead atoms. The van der Waals surface area contributed by atoms with E-state index >= 15 is 0 Å².